The van der Waals surface area contributed by atoms with Crippen molar-refractivity contribution in [3.8, 4) is 0 Å². The van der Waals surface area contributed by atoms with Gasteiger partial charge in [0.05, 0.1) is 6.54 Å². The summed E-state index contributed by atoms with van der Waals surface area (Å²) in [7, 11) is 0. The van der Waals surface area contributed by atoms with E-state index in [-0.39, 0.29) is 5.91 Å². The van der Waals surface area contributed by atoms with Crippen LogP contribution >= 0.6 is 12.2 Å². The molecule has 3 N–H and O–H groups in total. The van der Waals surface area contributed by atoms with Crippen molar-refractivity contribution in [2.75, 3.05) is 25.0 Å². The van der Waals surface area contributed by atoms with E-state index in [4.69, 9.17) is 18.0 Å². The van der Waals surface area contributed by atoms with E-state index in [0.29, 0.717) is 16.9 Å². The first kappa shape index (κ1) is 15.9. The van der Waals surface area contributed by atoms with Crippen molar-refractivity contribution in [3.63, 3.8) is 0 Å². The Bertz CT molecular complexity index is 532. The van der Waals surface area contributed by atoms with E-state index in [9.17, 15) is 4.79 Å². The van der Waals surface area contributed by atoms with Gasteiger partial charge in [0.2, 0.25) is 5.91 Å². The van der Waals surface area contributed by atoms with Crippen LogP contribution in [0.15, 0.2) is 24.3 Å². The zero-order chi connectivity index (χ0) is 15.5. The maximum atomic E-state index is 12.1. The molecule has 0 spiro atoms. The van der Waals surface area contributed by atoms with Crippen molar-refractivity contribution < 1.29 is 4.79 Å². The molecule has 1 aromatic carbocycles. The first-order valence-electron chi connectivity index (χ1n) is 7.28. The van der Waals surface area contributed by atoms with Gasteiger partial charge < -0.3 is 11.1 Å². The molecular weight excluding hydrogens is 282 g/mol. The van der Waals surface area contributed by atoms with Crippen LogP contribution in [0.25, 0.3) is 0 Å². The average Bonchev–Trinajstić information content (AvgIpc) is 2.41. The Balaban J connectivity index is 1.88. The van der Waals surface area contributed by atoms with Crippen molar-refractivity contribution >= 4 is 28.8 Å². The highest BCUT2D eigenvalue weighted by molar-refractivity contribution is 7.80. The smallest absolute Gasteiger partial charge is 0.238 e. The SMILES string of the molecule is CC1(C)CCN(CC(=O)Nc2cccc(C(N)=S)c2)CC1. The van der Waals surface area contributed by atoms with Gasteiger partial charge >= 0.3 is 0 Å². The van der Waals surface area contributed by atoms with Crippen molar-refractivity contribution in [1.82, 2.24) is 4.90 Å². The van der Waals surface area contributed by atoms with E-state index in [2.05, 4.69) is 24.1 Å². The van der Waals surface area contributed by atoms with E-state index in [1.807, 2.05) is 18.2 Å². The van der Waals surface area contributed by atoms with Gasteiger partial charge in [0, 0.05) is 11.3 Å². The van der Waals surface area contributed by atoms with Gasteiger partial charge in [-0.15, -0.1) is 0 Å². The molecule has 21 heavy (non-hydrogen) atoms. The van der Waals surface area contributed by atoms with Crippen molar-refractivity contribution in [2.45, 2.75) is 26.7 Å². The summed E-state index contributed by atoms with van der Waals surface area (Å²) in [4.78, 5) is 14.7. The lowest BCUT2D eigenvalue weighted by Gasteiger charge is -2.36. The number of carbonyl (C=O) groups excluding carboxylic acids is 1. The Morgan fingerprint density at radius 2 is 2.05 bits per heavy atom. The van der Waals surface area contributed by atoms with Crippen molar-refractivity contribution in [2.24, 2.45) is 11.1 Å². The number of nitrogens with two attached hydrogens (primary N) is 1. The number of benzene rings is 1. The molecule has 1 amide bonds. The molecule has 0 radical (unpaired) electrons. The van der Waals surface area contributed by atoms with Crippen molar-refractivity contribution in [1.29, 1.82) is 0 Å². The summed E-state index contributed by atoms with van der Waals surface area (Å²) in [6.07, 6.45) is 2.27. The molecule has 114 valence electrons. The molecule has 1 fully saturated rings. The third-order valence-corrected chi connectivity index (χ3v) is 4.24. The Kier molecular flexibility index (Phi) is 4.96. The molecule has 0 aliphatic carbocycles. The summed E-state index contributed by atoms with van der Waals surface area (Å²) in [5.41, 5.74) is 7.50. The molecule has 0 atom stereocenters. The van der Waals surface area contributed by atoms with Crippen LogP contribution in [0.1, 0.15) is 32.3 Å². The summed E-state index contributed by atoms with van der Waals surface area (Å²) in [5, 5.41) is 2.91. The number of carbonyl (C=O) groups is 1. The predicted molar refractivity (Wildman–Crippen MR) is 90.4 cm³/mol. The molecule has 1 aromatic rings. The van der Waals surface area contributed by atoms with Crippen LogP contribution < -0.4 is 11.1 Å². The molecule has 1 aliphatic heterocycles. The Labute approximate surface area is 131 Å². The number of hydrogen-bond acceptors (Lipinski definition) is 3. The standard InChI is InChI=1S/C16H23N3OS/c1-16(2)6-8-19(9-7-16)11-14(20)18-13-5-3-4-12(10-13)15(17)21/h3-5,10H,6-9,11H2,1-2H3,(H2,17,21)(H,18,20). The third kappa shape index (κ3) is 4.79. The van der Waals surface area contributed by atoms with Crippen LogP contribution in [0.3, 0.4) is 0 Å². The first-order valence-corrected chi connectivity index (χ1v) is 7.69. The molecule has 0 bridgehead atoms. The summed E-state index contributed by atoms with van der Waals surface area (Å²) in [6.45, 7) is 6.96. The minimum absolute atomic E-state index is 0.00907. The molecule has 1 aliphatic rings. The molecule has 1 saturated heterocycles. The fourth-order valence-corrected chi connectivity index (χ4v) is 2.60. The van der Waals surface area contributed by atoms with Gasteiger partial charge in [0.25, 0.3) is 0 Å². The number of amides is 1. The van der Waals surface area contributed by atoms with Crippen LogP contribution in [0, 0.1) is 5.41 Å². The molecular formula is C16H23N3OS. The number of nitrogens with zero attached hydrogens (tertiary/aromatic N) is 1. The Morgan fingerprint density at radius 1 is 1.38 bits per heavy atom. The van der Waals surface area contributed by atoms with Crippen LogP contribution in [0.2, 0.25) is 0 Å². The van der Waals surface area contributed by atoms with Gasteiger partial charge in [-0.2, -0.15) is 0 Å². The minimum Gasteiger partial charge on any atom is -0.389 e. The topological polar surface area (TPSA) is 58.4 Å². The Morgan fingerprint density at radius 3 is 2.67 bits per heavy atom. The fourth-order valence-electron chi connectivity index (χ4n) is 2.47. The maximum absolute atomic E-state index is 12.1. The van der Waals surface area contributed by atoms with E-state index < -0.39 is 0 Å². The molecule has 0 aromatic heterocycles. The average molecular weight is 305 g/mol. The maximum Gasteiger partial charge on any atom is 0.238 e. The van der Waals surface area contributed by atoms with E-state index in [1.165, 1.54) is 0 Å². The summed E-state index contributed by atoms with van der Waals surface area (Å²) < 4.78 is 0. The van der Waals surface area contributed by atoms with Crippen LogP contribution in [0.4, 0.5) is 5.69 Å². The summed E-state index contributed by atoms with van der Waals surface area (Å²) >= 11 is 4.94. The number of piperidine rings is 1. The predicted octanol–water partition coefficient (Wildman–Crippen LogP) is 2.38. The molecule has 4 nitrogen and oxygen atoms in total. The second-order valence-corrected chi connectivity index (χ2v) is 6.87. The second kappa shape index (κ2) is 6.54. The van der Waals surface area contributed by atoms with Gasteiger partial charge in [-0.1, -0.05) is 38.2 Å². The Hall–Kier alpha value is -1.46. The number of thiocarbonyl (C=S) groups is 1. The lowest BCUT2D eigenvalue weighted by atomic mass is 9.83. The first-order chi connectivity index (χ1) is 9.85. The lowest BCUT2D eigenvalue weighted by Crippen LogP contribution is -2.41. The molecule has 0 saturated carbocycles. The van der Waals surface area contributed by atoms with Crippen LogP contribution in [0.5, 0.6) is 0 Å². The highest BCUT2D eigenvalue weighted by Gasteiger charge is 2.26. The van der Waals surface area contributed by atoms with Gasteiger partial charge in [-0.25, -0.2) is 0 Å². The number of likely N-dealkylation sites (tertiary alicyclic amines) is 1. The second-order valence-electron chi connectivity index (χ2n) is 6.43. The van der Waals surface area contributed by atoms with Crippen LogP contribution in [-0.4, -0.2) is 35.4 Å². The summed E-state index contributed by atoms with van der Waals surface area (Å²) in [5.74, 6) is 0.00907. The van der Waals surface area contributed by atoms with E-state index in [1.54, 1.807) is 6.07 Å². The third-order valence-electron chi connectivity index (χ3n) is 4.01. The number of rotatable bonds is 4. The molecule has 5 heteroatoms. The van der Waals surface area contributed by atoms with Crippen LogP contribution in [-0.2, 0) is 4.79 Å². The van der Waals surface area contributed by atoms with Crippen molar-refractivity contribution in [3.05, 3.63) is 29.8 Å². The lowest BCUT2D eigenvalue weighted by molar-refractivity contribution is -0.117. The van der Waals surface area contributed by atoms with Gasteiger partial charge in [-0.05, 0) is 43.5 Å². The monoisotopic (exact) mass is 305 g/mol. The fraction of sp³-hybridized carbons (Fsp3) is 0.500. The summed E-state index contributed by atoms with van der Waals surface area (Å²) in [6, 6.07) is 7.33. The number of nitrogens with one attached hydrogen (secondary N) is 1. The quantitative estimate of drug-likeness (QED) is 0.839. The normalized spacial score (nSPS) is 18.2. The molecule has 1 heterocycles. The minimum atomic E-state index is 0.00907. The van der Waals surface area contributed by atoms with Gasteiger partial charge in [0.1, 0.15) is 4.99 Å². The van der Waals surface area contributed by atoms with Gasteiger partial charge in [-0.3, -0.25) is 9.69 Å². The van der Waals surface area contributed by atoms with Gasteiger partial charge in [0.15, 0.2) is 0 Å². The van der Waals surface area contributed by atoms with E-state index in [0.717, 1.165) is 37.2 Å². The highest BCUT2D eigenvalue weighted by atomic mass is 32.1. The van der Waals surface area contributed by atoms with E-state index >= 15 is 0 Å². The molecule has 2 rings (SSSR count). The number of anilines is 1. The highest BCUT2D eigenvalue weighted by Crippen LogP contribution is 2.29. The molecule has 0 unspecified atom stereocenters. The zero-order valence-electron chi connectivity index (χ0n) is 12.7. The zero-order valence-corrected chi connectivity index (χ0v) is 13.5. The largest absolute Gasteiger partial charge is 0.389 e. The number of hydrogen-bond donors (Lipinski definition) is 2.